The molecule has 4 rings (SSSR count). The van der Waals surface area contributed by atoms with Crippen molar-refractivity contribution in [3.05, 3.63) is 54.4 Å². The first-order valence-electron chi connectivity index (χ1n) is 10.5. The van der Waals surface area contributed by atoms with E-state index in [-0.39, 0.29) is 29.7 Å². The van der Waals surface area contributed by atoms with Crippen molar-refractivity contribution in [1.82, 2.24) is 9.88 Å². The second-order valence-electron chi connectivity index (χ2n) is 7.97. The van der Waals surface area contributed by atoms with E-state index < -0.39 is 0 Å². The Balaban J connectivity index is 1.31. The van der Waals surface area contributed by atoms with Crippen LogP contribution in [0.1, 0.15) is 43.1 Å². The van der Waals surface area contributed by atoms with Gasteiger partial charge in [0.1, 0.15) is 5.69 Å². The van der Waals surface area contributed by atoms with Gasteiger partial charge in [0.25, 0.3) is 5.91 Å². The van der Waals surface area contributed by atoms with Crippen LogP contribution in [0.2, 0.25) is 0 Å². The summed E-state index contributed by atoms with van der Waals surface area (Å²) in [6.07, 6.45) is 4.32. The van der Waals surface area contributed by atoms with E-state index in [1.54, 1.807) is 29.3 Å². The molecule has 1 aromatic carbocycles. The summed E-state index contributed by atoms with van der Waals surface area (Å²) >= 11 is 0. The summed E-state index contributed by atoms with van der Waals surface area (Å²) < 4.78 is 0. The molecule has 156 valence electrons. The third-order valence-corrected chi connectivity index (χ3v) is 5.94. The lowest BCUT2D eigenvalue weighted by molar-refractivity contribution is -0.121. The average Bonchev–Trinajstić information content (AvgIpc) is 3.12. The van der Waals surface area contributed by atoms with E-state index in [9.17, 15) is 14.4 Å². The van der Waals surface area contributed by atoms with E-state index in [1.807, 2.05) is 36.1 Å². The van der Waals surface area contributed by atoms with Gasteiger partial charge in [-0.15, -0.1) is 0 Å². The van der Waals surface area contributed by atoms with Gasteiger partial charge in [-0.05, 0) is 62.6 Å². The van der Waals surface area contributed by atoms with Crippen molar-refractivity contribution in [1.29, 1.82) is 0 Å². The van der Waals surface area contributed by atoms with Gasteiger partial charge < -0.3 is 15.1 Å². The van der Waals surface area contributed by atoms with Crippen molar-refractivity contribution in [3.8, 4) is 0 Å². The lowest BCUT2D eigenvalue weighted by atomic mass is 9.95. The number of anilines is 2. The number of aromatic nitrogens is 1. The summed E-state index contributed by atoms with van der Waals surface area (Å²) in [5.41, 5.74) is 2.02. The summed E-state index contributed by atoms with van der Waals surface area (Å²) in [6, 6.07) is 12.9. The lowest BCUT2D eigenvalue weighted by Crippen LogP contribution is -2.41. The van der Waals surface area contributed by atoms with Crippen LogP contribution in [0.25, 0.3) is 0 Å². The molecule has 3 heterocycles. The number of likely N-dealkylation sites (tertiary alicyclic amines) is 1. The van der Waals surface area contributed by atoms with Crippen LogP contribution in [0.5, 0.6) is 0 Å². The molecule has 7 nitrogen and oxygen atoms in total. The maximum atomic E-state index is 12.7. The summed E-state index contributed by atoms with van der Waals surface area (Å²) in [5, 5.41) is 2.97. The highest BCUT2D eigenvalue weighted by Gasteiger charge is 2.30. The molecule has 30 heavy (non-hydrogen) atoms. The van der Waals surface area contributed by atoms with Crippen molar-refractivity contribution in [2.24, 2.45) is 5.92 Å². The molecule has 0 bridgehead atoms. The zero-order valence-corrected chi connectivity index (χ0v) is 17.1. The van der Waals surface area contributed by atoms with Crippen LogP contribution in [0.4, 0.5) is 11.4 Å². The minimum absolute atomic E-state index is 0.0293. The molecular weight excluding hydrogens is 380 g/mol. The Hall–Kier alpha value is -3.22. The van der Waals surface area contributed by atoms with Crippen LogP contribution in [0.3, 0.4) is 0 Å². The number of rotatable bonds is 4. The molecule has 1 aromatic heterocycles. The Kier molecular flexibility index (Phi) is 5.79. The predicted octanol–water partition coefficient (Wildman–Crippen LogP) is 3.09. The lowest BCUT2D eigenvalue weighted by Gasteiger charge is -2.31. The van der Waals surface area contributed by atoms with Gasteiger partial charge >= 0.3 is 0 Å². The van der Waals surface area contributed by atoms with Crippen LogP contribution < -0.4 is 10.2 Å². The topological polar surface area (TPSA) is 82.6 Å². The van der Waals surface area contributed by atoms with Crippen LogP contribution >= 0.6 is 0 Å². The molecule has 2 aromatic rings. The van der Waals surface area contributed by atoms with Crippen LogP contribution in [-0.4, -0.2) is 46.7 Å². The van der Waals surface area contributed by atoms with Gasteiger partial charge in [0.15, 0.2) is 0 Å². The number of nitrogens with one attached hydrogen (secondary N) is 1. The van der Waals surface area contributed by atoms with E-state index in [1.165, 1.54) is 0 Å². The quantitative estimate of drug-likeness (QED) is 0.846. The van der Waals surface area contributed by atoms with Crippen molar-refractivity contribution in [2.45, 2.75) is 38.6 Å². The molecule has 1 N–H and O–H groups in total. The highest BCUT2D eigenvalue weighted by Crippen LogP contribution is 2.28. The fourth-order valence-electron chi connectivity index (χ4n) is 4.17. The molecule has 0 aliphatic carbocycles. The SMILES string of the molecule is CC1CCC(=O)N1c1ccc(NC(=O)C2CCN(C(=O)c3ccccn3)CC2)cc1. The Morgan fingerprint density at radius 3 is 2.37 bits per heavy atom. The van der Waals surface area contributed by atoms with Gasteiger partial charge in [-0.3, -0.25) is 19.4 Å². The first-order chi connectivity index (χ1) is 14.5. The van der Waals surface area contributed by atoms with E-state index in [2.05, 4.69) is 10.3 Å². The second kappa shape index (κ2) is 8.65. The molecule has 0 spiro atoms. The van der Waals surface area contributed by atoms with Gasteiger partial charge in [0, 0.05) is 49.0 Å². The molecule has 1 unspecified atom stereocenters. The molecule has 0 radical (unpaired) electrons. The Bertz CT molecular complexity index is 921. The number of hydrogen-bond donors (Lipinski definition) is 1. The van der Waals surface area contributed by atoms with Gasteiger partial charge in [0.05, 0.1) is 0 Å². The summed E-state index contributed by atoms with van der Waals surface area (Å²) in [5.74, 6) is -0.0991. The zero-order chi connectivity index (χ0) is 21.1. The van der Waals surface area contributed by atoms with Crippen molar-refractivity contribution in [3.63, 3.8) is 0 Å². The smallest absolute Gasteiger partial charge is 0.272 e. The number of amides is 3. The Morgan fingerprint density at radius 2 is 1.77 bits per heavy atom. The average molecular weight is 406 g/mol. The van der Waals surface area contributed by atoms with E-state index in [0.717, 1.165) is 17.8 Å². The molecule has 1 atom stereocenters. The minimum atomic E-state index is -0.127. The number of carbonyl (C=O) groups excluding carboxylic acids is 3. The standard InChI is InChI=1S/C23H26N4O3/c1-16-5-10-21(28)27(16)19-8-6-18(7-9-19)25-22(29)17-11-14-26(15-12-17)23(30)20-4-2-3-13-24-20/h2-4,6-9,13,16-17H,5,10-12,14-15H2,1H3,(H,25,29). The van der Waals surface area contributed by atoms with Crippen LogP contribution in [0, 0.1) is 5.92 Å². The van der Waals surface area contributed by atoms with Crippen LogP contribution in [0.15, 0.2) is 48.7 Å². The van der Waals surface area contributed by atoms with E-state index >= 15 is 0 Å². The molecule has 0 saturated carbocycles. The molecule has 2 fully saturated rings. The van der Waals surface area contributed by atoms with Gasteiger partial charge in [-0.1, -0.05) is 6.07 Å². The second-order valence-corrected chi connectivity index (χ2v) is 7.97. The van der Waals surface area contributed by atoms with Crippen molar-refractivity contribution < 1.29 is 14.4 Å². The zero-order valence-electron chi connectivity index (χ0n) is 17.1. The fraction of sp³-hybridized carbons (Fsp3) is 0.391. The number of nitrogens with zero attached hydrogens (tertiary/aromatic N) is 3. The number of benzene rings is 1. The van der Waals surface area contributed by atoms with Gasteiger partial charge in [0.2, 0.25) is 11.8 Å². The Morgan fingerprint density at radius 1 is 1.03 bits per heavy atom. The van der Waals surface area contributed by atoms with Gasteiger partial charge in [-0.2, -0.15) is 0 Å². The van der Waals surface area contributed by atoms with E-state index in [4.69, 9.17) is 0 Å². The highest BCUT2D eigenvalue weighted by molar-refractivity contribution is 5.97. The van der Waals surface area contributed by atoms with Crippen molar-refractivity contribution in [2.75, 3.05) is 23.3 Å². The molecule has 7 heteroatoms. The molecule has 2 saturated heterocycles. The summed E-state index contributed by atoms with van der Waals surface area (Å²) in [6.45, 7) is 3.13. The maximum Gasteiger partial charge on any atom is 0.272 e. The predicted molar refractivity (Wildman–Crippen MR) is 114 cm³/mol. The number of hydrogen-bond acceptors (Lipinski definition) is 4. The van der Waals surface area contributed by atoms with E-state index in [0.29, 0.717) is 38.0 Å². The first-order valence-corrected chi connectivity index (χ1v) is 10.5. The number of pyridine rings is 1. The van der Waals surface area contributed by atoms with Crippen molar-refractivity contribution >= 4 is 29.1 Å². The minimum Gasteiger partial charge on any atom is -0.337 e. The maximum absolute atomic E-state index is 12.7. The summed E-state index contributed by atoms with van der Waals surface area (Å²) in [4.78, 5) is 44.9. The van der Waals surface area contributed by atoms with Crippen LogP contribution in [-0.2, 0) is 9.59 Å². The fourth-order valence-corrected chi connectivity index (χ4v) is 4.17. The molecule has 2 aliphatic heterocycles. The van der Waals surface area contributed by atoms with Gasteiger partial charge in [-0.25, -0.2) is 0 Å². The number of piperidine rings is 1. The molecule has 2 aliphatic rings. The third-order valence-electron chi connectivity index (χ3n) is 5.94. The molecule has 3 amide bonds. The molecular formula is C23H26N4O3. The highest BCUT2D eigenvalue weighted by atomic mass is 16.2. The normalized spacial score (nSPS) is 19.8. The largest absolute Gasteiger partial charge is 0.337 e. The first kappa shape index (κ1) is 20.1. The monoisotopic (exact) mass is 406 g/mol. The summed E-state index contributed by atoms with van der Waals surface area (Å²) in [7, 11) is 0. The Labute approximate surface area is 176 Å². The third kappa shape index (κ3) is 4.20. The number of carbonyl (C=O) groups is 3.